The number of rotatable bonds is 3. The summed E-state index contributed by atoms with van der Waals surface area (Å²) in [5.74, 6) is 0.649. The van der Waals surface area contributed by atoms with Gasteiger partial charge in [0.05, 0.1) is 5.69 Å². The van der Waals surface area contributed by atoms with E-state index in [1.54, 1.807) is 31.4 Å². The van der Waals surface area contributed by atoms with Crippen LogP contribution < -0.4 is 9.91 Å². The molecule has 0 bridgehead atoms. The second-order valence-corrected chi connectivity index (χ2v) is 6.56. The number of urea groups is 1. The Balaban J connectivity index is 1.79. The van der Waals surface area contributed by atoms with Gasteiger partial charge in [0.2, 0.25) is 5.91 Å². The average molecular weight is 331 g/mol. The summed E-state index contributed by atoms with van der Waals surface area (Å²) in [4.78, 5) is 33.1. The topological polar surface area (TPSA) is 60.0 Å². The number of hydrogen-bond acceptors (Lipinski definition) is 4. The molecule has 24 heavy (non-hydrogen) atoms. The molecule has 3 amide bonds. The number of likely N-dealkylation sites (N-methyl/N-ethyl adjacent to an activating group) is 1. The molecule has 0 spiro atoms. The van der Waals surface area contributed by atoms with Crippen molar-refractivity contribution >= 4 is 23.4 Å². The second-order valence-electron chi connectivity index (χ2n) is 6.56. The maximum atomic E-state index is 12.7. The van der Waals surface area contributed by atoms with Crippen molar-refractivity contribution in [2.24, 2.45) is 0 Å². The first kappa shape index (κ1) is 16.5. The zero-order chi connectivity index (χ0) is 17.3. The summed E-state index contributed by atoms with van der Waals surface area (Å²) in [6, 6.07) is 3.69. The third kappa shape index (κ3) is 2.90. The fourth-order valence-corrected chi connectivity index (χ4v) is 3.47. The van der Waals surface area contributed by atoms with E-state index in [2.05, 4.69) is 4.98 Å². The molecular weight excluding hydrogens is 306 g/mol. The number of amides is 3. The molecule has 0 radical (unpaired) electrons. The Morgan fingerprint density at radius 1 is 1.25 bits per heavy atom. The predicted octanol–water partition coefficient (Wildman–Crippen LogP) is 2.10. The average Bonchev–Trinajstić information content (AvgIpc) is 2.63. The number of carbonyl (C=O) groups excluding carboxylic acids is 2. The zero-order valence-corrected chi connectivity index (χ0v) is 14.6. The molecule has 0 aromatic carbocycles. The molecule has 0 N–H and O–H groups in total. The molecule has 1 aromatic rings. The summed E-state index contributed by atoms with van der Waals surface area (Å²) in [7, 11) is 5.33. The molecule has 1 aliphatic heterocycles. The molecule has 0 saturated heterocycles. The molecule has 3 rings (SSSR count). The quantitative estimate of drug-likeness (QED) is 0.851. The maximum Gasteiger partial charge on any atom is 0.343 e. The molecule has 1 aromatic heterocycles. The summed E-state index contributed by atoms with van der Waals surface area (Å²) in [6.07, 6.45) is 7.39. The van der Waals surface area contributed by atoms with Crippen molar-refractivity contribution in [3.8, 4) is 0 Å². The van der Waals surface area contributed by atoms with Gasteiger partial charge in [-0.2, -0.15) is 0 Å². The van der Waals surface area contributed by atoms with Crippen LogP contribution >= 0.6 is 0 Å². The van der Waals surface area contributed by atoms with Crippen LogP contribution in [0.15, 0.2) is 18.3 Å². The van der Waals surface area contributed by atoms with Crippen molar-refractivity contribution in [1.82, 2.24) is 14.9 Å². The van der Waals surface area contributed by atoms with E-state index in [9.17, 15) is 9.59 Å². The minimum absolute atomic E-state index is 0.0250. The van der Waals surface area contributed by atoms with Crippen LogP contribution in [0.5, 0.6) is 0 Å². The summed E-state index contributed by atoms with van der Waals surface area (Å²) in [5, 5.41) is 3.17. The van der Waals surface area contributed by atoms with Gasteiger partial charge in [-0.05, 0) is 25.0 Å². The van der Waals surface area contributed by atoms with Crippen LogP contribution in [0.25, 0.3) is 0 Å². The lowest BCUT2D eigenvalue weighted by atomic mass is 9.94. The van der Waals surface area contributed by atoms with Gasteiger partial charge < -0.3 is 4.90 Å². The van der Waals surface area contributed by atoms with E-state index in [0.29, 0.717) is 17.5 Å². The summed E-state index contributed by atoms with van der Waals surface area (Å²) >= 11 is 0. The van der Waals surface area contributed by atoms with Gasteiger partial charge in [-0.1, -0.05) is 19.3 Å². The number of fused-ring (bicyclic) bond motifs is 1. The van der Waals surface area contributed by atoms with E-state index in [1.807, 2.05) is 18.0 Å². The highest BCUT2D eigenvalue weighted by Crippen LogP contribution is 2.32. The van der Waals surface area contributed by atoms with Gasteiger partial charge in [0.15, 0.2) is 5.82 Å². The van der Waals surface area contributed by atoms with Crippen molar-refractivity contribution in [2.75, 3.05) is 37.6 Å². The number of anilines is 2. The third-order valence-electron chi connectivity index (χ3n) is 5.13. The van der Waals surface area contributed by atoms with Crippen molar-refractivity contribution in [3.63, 3.8) is 0 Å². The first-order valence-electron chi connectivity index (χ1n) is 8.50. The van der Waals surface area contributed by atoms with Crippen molar-refractivity contribution in [3.05, 3.63) is 18.3 Å². The molecule has 1 aliphatic carbocycles. The van der Waals surface area contributed by atoms with Crippen LogP contribution in [-0.2, 0) is 4.79 Å². The Bertz CT molecular complexity index is 629. The van der Waals surface area contributed by atoms with Gasteiger partial charge in [0.1, 0.15) is 6.54 Å². The Hall–Kier alpha value is -2.31. The van der Waals surface area contributed by atoms with Crippen LogP contribution in [0.2, 0.25) is 0 Å². The molecule has 130 valence electrons. The van der Waals surface area contributed by atoms with Gasteiger partial charge in [-0.3, -0.25) is 14.7 Å². The van der Waals surface area contributed by atoms with Crippen LogP contribution in [0, 0.1) is 0 Å². The summed E-state index contributed by atoms with van der Waals surface area (Å²) in [6.45, 7) is 0.0444. The minimum atomic E-state index is -0.219. The molecule has 7 nitrogen and oxygen atoms in total. The molecular formula is C17H25N5O2. The lowest BCUT2D eigenvalue weighted by Gasteiger charge is -2.41. The Morgan fingerprint density at radius 3 is 2.67 bits per heavy atom. The highest BCUT2D eigenvalue weighted by Gasteiger charge is 2.35. The predicted molar refractivity (Wildman–Crippen MR) is 92.8 cm³/mol. The SMILES string of the molecule is CN(C(=O)CN1C(=O)N(C)N(C)c2ncccc21)C1CCCCC1. The summed E-state index contributed by atoms with van der Waals surface area (Å²) < 4.78 is 0. The molecule has 0 atom stereocenters. The highest BCUT2D eigenvalue weighted by atomic mass is 16.2. The van der Waals surface area contributed by atoms with Crippen LogP contribution in [0.1, 0.15) is 32.1 Å². The molecule has 1 fully saturated rings. The first-order chi connectivity index (χ1) is 11.5. The minimum Gasteiger partial charge on any atom is -0.341 e. The van der Waals surface area contributed by atoms with Crippen molar-refractivity contribution in [2.45, 2.75) is 38.1 Å². The van der Waals surface area contributed by atoms with E-state index in [0.717, 1.165) is 12.8 Å². The van der Waals surface area contributed by atoms with Crippen LogP contribution in [0.3, 0.4) is 0 Å². The summed E-state index contributed by atoms with van der Waals surface area (Å²) in [5.41, 5.74) is 0.675. The highest BCUT2D eigenvalue weighted by molar-refractivity contribution is 6.02. The number of pyridine rings is 1. The van der Waals surface area contributed by atoms with E-state index >= 15 is 0 Å². The van der Waals surface area contributed by atoms with E-state index in [-0.39, 0.29) is 18.5 Å². The molecule has 0 unspecified atom stereocenters. The van der Waals surface area contributed by atoms with Gasteiger partial charge in [-0.15, -0.1) is 0 Å². The van der Waals surface area contributed by atoms with Crippen LogP contribution in [-0.4, -0.2) is 60.6 Å². The largest absolute Gasteiger partial charge is 0.343 e. The Morgan fingerprint density at radius 2 is 1.96 bits per heavy atom. The van der Waals surface area contributed by atoms with Gasteiger partial charge in [-0.25, -0.2) is 14.8 Å². The van der Waals surface area contributed by atoms with Crippen molar-refractivity contribution < 1.29 is 9.59 Å². The molecule has 2 aliphatic rings. The third-order valence-corrected chi connectivity index (χ3v) is 5.13. The smallest absolute Gasteiger partial charge is 0.341 e. The number of carbonyl (C=O) groups is 2. The second kappa shape index (κ2) is 6.67. The van der Waals surface area contributed by atoms with E-state index < -0.39 is 0 Å². The fraction of sp³-hybridized carbons (Fsp3) is 0.588. The first-order valence-corrected chi connectivity index (χ1v) is 8.50. The zero-order valence-electron chi connectivity index (χ0n) is 14.6. The van der Waals surface area contributed by atoms with Gasteiger partial charge >= 0.3 is 6.03 Å². The Kier molecular flexibility index (Phi) is 4.59. The number of aromatic nitrogens is 1. The molecule has 2 heterocycles. The fourth-order valence-electron chi connectivity index (χ4n) is 3.47. The van der Waals surface area contributed by atoms with Gasteiger partial charge in [0, 0.05) is 33.4 Å². The molecule has 7 heteroatoms. The normalized spacial score (nSPS) is 18.6. The standard InChI is InChI=1S/C17H25N5O2/c1-19(13-8-5-4-6-9-13)15(23)12-22-14-10-7-11-18-16(14)20(2)21(3)17(22)24/h7,10-11,13H,4-6,8-9,12H2,1-3H3. The van der Waals surface area contributed by atoms with E-state index in [1.165, 1.54) is 29.2 Å². The van der Waals surface area contributed by atoms with Crippen molar-refractivity contribution in [1.29, 1.82) is 0 Å². The lowest BCUT2D eigenvalue weighted by molar-refractivity contribution is -0.131. The number of nitrogens with zero attached hydrogens (tertiary/aromatic N) is 5. The molecule has 1 saturated carbocycles. The maximum absolute atomic E-state index is 12.7. The number of hydrazine groups is 1. The monoisotopic (exact) mass is 331 g/mol. The van der Waals surface area contributed by atoms with Crippen LogP contribution in [0.4, 0.5) is 16.3 Å². The van der Waals surface area contributed by atoms with E-state index in [4.69, 9.17) is 0 Å². The Labute approximate surface area is 142 Å². The lowest BCUT2D eigenvalue weighted by Crippen LogP contribution is -2.56. The van der Waals surface area contributed by atoms with Gasteiger partial charge in [0.25, 0.3) is 0 Å². The number of hydrogen-bond donors (Lipinski definition) is 0.